The van der Waals surface area contributed by atoms with Crippen molar-refractivity contribution >= 4 is 27.6 Å². The molecule has 0 aliphatic rings. The van der Waals surface area contributed by atoms with Gasteiger partial charge in [0.15, 0.2) is 0 Å². The summed E-state index contributed by atoms with van der Waals surface area (Å²) in [5, 5.41) is 13.8. The maximum absolute atomic E-state index is 11.1. The molecular formula is C13H17BrN2O4. The molecule has 0 spiro atoms. The first-order chi connectivity index (χ1) is 9.54. The number of nitrogens with zero attached hydrogens (tertiary/aromatic N) is 1. The molecule has 0 radical (unpaired) electrons. The molecule has 0 bridgehead atoms. The number of hydrogen-bond donors (Lipinski definition) is 1. The predicted octanol–water partition coefficient (Wildman–Crippen LogP) is 2.79. The van der Waals surface area contributed by atoms with E-state index >= 15 is 0 Å². The Kier molecular flexibility index (Phi) is 7.17. The van der Waals surface area contributed by atoms with Crippen molar-refractivity contribution in [2.45, 2.75) is 26.3 Å². The summed E-state index contributed by atoms with van der Waals surface area (Å²) in [7, 11) is 0. The summed E-state index contributed by atoms with van der Waals surface area (Å²) in [6.45, 7) is 3.45. The Morgan fingerprint density at radius 1 is 1.50 bits per heavy atom. The average Bonchev–Trinajstić information content (AvgIpc) is 2.40. The number of carbonyl (C=O) groups is 1. The lowest BCUT2D eigenvalue weighted by Crippen LogP contribution is -2.16. The topological polar surface area (TPSA) is 81.5 Å². The minimum atomic E-state index is -0.429. The van der Waals surface area contributed by atoms with Crippen LogP contribution in [-0.2, 0) is 16.1 Å². The van der Waals surface area contributed by atoms with E-state index in [1.807, 2.05) is 0 Å². The Labute approximate surface area is 125 Å². The molecule has 0 saturated heterocycles. The van der Waals surface area contributed by atoms with E-state index in [0.29, 0.717) is 37.0 Å². The third-order valence-corrected chi connectivity index (χ3v) is 3.34. The van der Waals surface area contributed by atoms with E-state index in [1.165, 1.54) is 12.1 Å². The van der Waals surface area contributed by atoms with E-state index in [2.05, 4.69) is 21.2 Å². The second kappa shape index (κ2) is 8.65. The van der Waals surface area contributed by atoms with Crippen molar-refractivity contribution in [3.8, 4) is 0 Å². The van der Waals surface area contributed by atoms with Crippen molar-refractivity contribution in [2.75, 3.05) is 13.2 Å². The van der Waals surface area contributed by atoms with E-state index in [1.54, 1.807) is 13.0 Å². The number of esters is 1. The van der Waals surface area contributed by atoms with Gasteiger partial charge < -0.3 is 10.1 Å². The van der Waals surface area contributed by atoms with Gasteiger partial charge in [-0.1, -0.05) is 15.9 Å². The van der Waals surface area contributed by atoms with E-state index in [9.17, 15) is 14.9 Å². The predicted molar refractivity (Wildman–Crippen MR) is 78.4 cm³/mol. The van der Waals surface area contributed by atoms with Crippen LogP contribution in [0.25, 0.3) is 0 Å². The Bertz CT molecular complexity index is 479. The van der Waals surface area contributed by atoms with Gasteiger partial charge >= 0.3 is 5.97 Å². The van der Waals surface area contributed by atoms with Gasteiger partial charge in [-0.15, -0.1) is 0 Å². The minimum Gasteiger partial charge on any atom is -0.466 e. The Balaban J connectivity index is 2.32. The zero-order valence-electron chi connectivity index (χ0n) is 11.2. The van der Waals surface area contributed by atoms with Crippen molar-refractivity contribution in [1.29, 1.82) is 0 Å². The monoisotopic (exact) mass is 344 g/mol. The van der Waals surface area contributed by atoms with Crippen molar-refractivity contribution in [3.63, 3.8) is 0 Å². The molecule has 0 aliphatic carbocycles. The van der Waals surface area contributed by atoms with Crippen molar-refractivity contribution < 1.29 is 14.5 Å². The summed E-state index contributed by atoms with van der Waals surface area (Å²) >= 11 is 3.31. The lowest BCUT2D eigenvalue weighted by molar-refractivity contribution is -0.384. The number of benzene rings is 1. The highest BCUT2D eigenvalue weighted by molar-refractivity contribution is 9.10. The molecule has 6 nitrogen and oxygen atoms in total. The van der Waals surface area contributed by atoms with E-state index < -0.39 is 4.92 Å². The summed E-state index contributed by atoms with van der Waals surface area (Å²) in [6, 6.07) is 4.66. The second-order valence-corrected chi connectivity index (χ2v) is 4.97. The summed E-state index contributed by atoms with van der Waals surface area (Å²) < 4.78 is 5.52. The summed E-state index contributed by atoms with van der Waals surface area (Å²) in [6.07, 6.45) is 1.09. The van der Waals surface area contributed by atoms with Crippen molar-refractivity contribution in [2.24, 2.45) is 0 Å². The molecule has 0 saturated carbocycles. The SMILES string of the molecule is CCOC(=O)CCCNCc1ccc([N+](=O)[O-])cc1Br. The third-order valence-electron chi connectivity index (χ3n) is 2.60. The van der Waals surface area contributed by atoms with E-state index in [0.717, 1.165) is 5.56 Å². The van der Waals surface area contributed by atoms with E-state index in [4.69, 9.17) is 4.74 Å². The summed E-state index contributed by atoms with van der Waals surface area (Å²) in [5.41, 5.74) is 0.995. The van der Waals surface area contributed by atoms with Crippen LogP contribution in [0.2, 0.25) is 0 Å². The minimum absolute atomic E-state index is 0.0583. The van der Waals surface area contributed by atoms with Gasteiger partial charge in [0, 0.05) is 29.6 Å². The average molecular weight is 345 g/mol. The van der Waals surface area contributed by atoms with Gasteiger partial charge in [0.05, 0.1) is 11.5 Å². The molecule has 0 fully saturated rings. The number of halogens is 1. The van der Waals surface area contributed by atoms with Crippen molar-refractivity contribution in [1.82, 2.24) is 5.32 Å². The number of nitro groups is 1. The van der Waals surface area contributed by atoms with Crippen LogP contribution in [0.15, 0.2) is 22.7 Å². The van der Waals surface area contributed by atoms with Crippen LogP contribution in [0.5, 0.6) is 0 Å². The first-order valence-electron chi connectivity index (χ1n) is 6.33. The fourth-order valence-electron chi connectivity index (χ4n) is 1.61. The maximum atomic E-state index is 11.1. The fourth-order valence-corrected chi connectivity index (χ4v) is 2.11. The molecule has 20 heavy (non-hydrogen) atoms. The zero-order valence-corrected chi connectivity index (χ0v) is 12.8. The van der Waals surface area contributed by atoms with Crippen molar-refractivity contribution in [3.05, 3.63) is 38.3 Å². The fraction of sp³-hybridized carbons (Fsp3) is 0.462. The molecule has 0 atom stereocenters. The number of rotatable bonds is 8. The van der Waals surface area contributed by atoms with Crippen LogP contribution in [0.3, 0.4) is 0 Å². The number of nitrogens with one attached hydrogen (secondary N) is 1. The van der Waals surface area contributed by atoms with E-state index in [-0.39, 0.29) is 11.7 Å². The molecule has 1 rings (SSSR count). The maximum Gasteiger partial charge on any atom is 0.305 e. The van der Waals surface area contributed by atoms with Gasteiger partial charge in [0.25, 0.3) is 5.69 Å². The molecular weight excluding hydrogens is 328 g/mol. The highest BCUT2D eigenvalue weighted by Crippen LogP contribution is 2.22. The molecule has 7 heteroatoms. The number of ether oxygens (including phenoxy) is 1. The van der Waals surface area contributed by atoms with Crippen LogP contribution in [-0.4, -0.2) is 24.0 Å². The number of hydrogen-bond acceptors (Lipinski definition) is 5. The Morgan fingerprint density at radius 2 is 2.25 bits per heavy atom. The first kappa shape index (κ1) is 16.6. The molecule has 0 amide bonds. The third kappa shape index (κ3) is 5.66. The Hall–Kier alpha value is -1.47. The number of non-ortho nitro benzene ring substituents is 1. The summed E-state index contributed by atoms with van der Waals surface area (Å²) in [5.74, 6) is -0.189. The van der Waals surface area contributed by atoms with Crippen LogP contribution in [0.1, 0.15) is 25.3 Å². The molecule has 0 aliphatic heterocycles. The normalized spacial score (nSPS) is 10.3. The Morgan fingerprint density at radius 3 is 2.85 bits per heavy atom. The highest BCUT2D eigenvalue weighted by atomic mass is 79.9. The number of carbonyl (C=O) groups excluding carboxylic acids is 1. The molecule has 0 unspecified atom stereocenters. The van der Waals surface area contributed by atoms with Crippen LogP contribution in [0, 0.1) is 10.1 Å². The van der Waals surface area contributed by atoms with Gasteiger partial charge in [0.2, 0.25) is 0 Å². The van der Waals surface area contributed by atoms with Crippen LogP contribution >= 0.6 is 15.9 Å². The van der Waals surface area contributed by atoms with Gasteiger partial charge in [-0.25, -0.2) is 0 Å². The second-order valence-electron chi connectivity index (χ2n) is 4.12. The first-order valence-corrected chi connectivity index (χ1v) is 7.13. The molecule has 0 heterocycles. The lowest BCUT2D eigenvalue weighted by atomic mass is 10.2. The smallest absolute Gasteiger partial charge is 0.305 e. The van der Waals surface area contributed by atoms with Gasteiger partial charge in [-0.05, 0) is 31.5 Å². The van der Waals surface area contributed by atoms with Gasteiger partial charge in [0.1, 0.15) is 0 Å². The van der Waals surface area contributed by atoms with Crippen LogP contribution < -0.4 is 5.32 Å². The highest BCUT2D eigenvalue weighted by Gasteiger charge is 2.08. The van der Waals surface area contributed by atoms with Crippen LogP contribution in [0.4, 0.5) is 5.69 Å². The molecule has 1 N–H and O–H groups in total. The van der Waals surface area contributed by atoms with Gasteiger partial charge in [-0.2, -0.15) is 0 Å². The molecule has 1 aromatic carbocycles. The lowest BCUT2D eigenvalue weighted by Gasteiger charge is -2.07. The number of nitro benzene ring substituents is 1. The molecule has 1 aromatic rings. The molecule has 0 aromatic heterocycles. The standard InChI is InChI=1S/C13H17BrN2O4/c1-2-20-13(17)4-3-7-15-9-10-5-6-11(16(18)19)8-12(10)14/h5-6,8,15H,2-4,7,9H2,1H3. The largest absolute Gasteiger partial charge is 0.466 e. The molecule has 110 valence electrons. The zero-order chi connectivity index (χ0) is 15.0. The quantitative estimate of drug-likeness (QED) is 0.339. The van der Waals surface area contributed by atoms with Gasteiger partial charge in [-0.3, -0.25) is 14.9 Å². The summed E-state index contributed by atoms with van der Waals surface area (Å²) in [4.78, 5) is 21.3.